The molecular weight excluding hydrogens is 266 g/mol. The minimum atomic E-state index is -0.991. The van der Waals surface area contributed by atoms with E-state index in [-0.39, 0.29) is 5.91 Å². The number of carbonyl (C=O) groups excluding carboxylic acids is 1. The molecule has 4 heteroatoms. The number of carboxylic acids is 1. The minimum Gasteiger partial charge on any atom is -0.478 e. The smallest absolute Gasteiger partial charge is 0.328 e. The maximum Gasteiger partial charge on any atom is 0.328 e. The number of benzene rings is 1. The highest BCUT2D eigenvalue weighted by molar-refractivity contribution is 5.95. The van der Waals surface area contributed by atoms with E-state index in [2.05, 4.69) is 0 Å². The van der Waals surface area contributed by atoms with E-state index in [0.29, 0.717) is 18.0 Å². The number of hydrogen-bond acceptors (Lipinski definition) is 2. The van der Waals surface area contributed by atoms with Crippen molar-refractivity contribution in [1.29, 1.82) is 0 Å². The summed E-state index contributed by atoms with van der Waals surface area (Å²) in [6, 6.07) is 5.44. The molecule has 1 aromatic rings. The first-order valence-corrected chi connectivity index (χ1v) is 7.32. The molecule has 1 aromatic carbocycles. The molecule has 0 radical (unpaired) electrons. The van der Waals surface area contributed by atoms with Gasteiger partial charge in [-0.25, -0.2) is 4.79 Å². The van der Waals surface area contributed by atoms with Crippen LogP contribution in [0.1, 0.15) is 41.3 Å². The van der Waals surface area contributed by atoms with Gasteiger partial charge in [0.05, 0.1) is 0 Å². The van der Waals surface area contributed by atoms with Crippen LogP contribution >= 0.6 is 0 Å². The Morgan fingerprint density at radius 2 is 2.10 bits per heavy atom. The van der Waals surface area contributed by atoms with Crippen LogP contribution in [0.5, 0.6) is 0 Å². The van der Waals surface area contributed by atoms with Crippen molar-refractivity contribution < 1.29 is 14.7 Å². The van der Waals surface area contributed by atoms with Crippen LogP contribution < -0.4 is 0 Å². The van der Waals surface area contributed by atoms with Gasteiger partial charge in [0.2, 0.25) is 0 Å². The van der Waals surface area contributed by atoms with Gasteiger partial charge in [-0.15, -0.1) is 0 Å². The summed E-state index contributed by atoms with van der Waals surface area (Å²) in [5, 5.41) is 8.71. The largest absolute Gasteiger partial charge is 0.478 e. The van der Waals surface area contributed by atoms with E-state index in [1.807, 2.05) is 30.9 Å². The normalized spacial score (nSPS) is 14.4. The quantitative estimate of drug-likeness (QED) is 0.818. The fourth-order valence-corrected chi connectivity index (χ4v) is 2.26. The van der Waals surface area contributed by atoms with Gasteiger partial charge in [0.25, 0.3) is 5.91 Å². The molecule has 1 fully saturated rings. The molecule has 1 aliphatic carbocycles. The van der Waals surface area contributed by atoms with Crippen molar-refractivity contribution >= 4 is 18.0 Å². The summed E-state index contributed by atoms with van der Waals surface area (Å²) >= 11 is 0. The highest BCUT2D eigenvalue weighted by atomic mass is 16.4. The van der Waals surface area contributed by atoms with E-state index < -0.39 is 5.97 Å². The Balaban J connectivity index is 2.19. The molecule has 0 spiro atoms. The molecule has 1 saturated carbocycles. The lowest BCUT2D eigenvalue weighted by molar-refractivity contribution is -0.131. The molecule has 112 valence electrons. The Labute approximate surface area is 125 Å². The maximum atomic E-state index is 12.5. The third-order valence-corrected chi connectivity index (χ3v) is 3.78. The van der Waals surface area contributed by atoms with E-state index in [1.165, 1.54) is 18.9 Å². The molecule has 0 aromatic heterocycles. The van der Waals surface area contributed by atoms with Gasteiger partial charge in [0.1, 0.15) is 0 Å². The van der Waals surface area contributed by atoms with Crippen molar-refractivity contribution in [2.75, 3.05) is 13.1 Å². The molecule has 1 aliphatic rings. The summed E-state index contributed by atoms with van der Waals surface area (Å²) in [5.41, 5.74) is 2.34. The predicted molar refractivity (Wildman–Crippen MR) is 82.2 cm³/mol. The van der Waals surface area contributed by atoms with Crippen molar-refractivity contribution in [3.05, 3.63) is 41.0 Å². The number of hydrogen-bond donors (Lipinski definition) is 1. The van der Waals surface area contributed by atoms with Crippen LogP contribution in [0.4, 0.5) is 0 Å². The van der Waals surface area contributed by atoms with Crippen LogP contribution in [0.2, 0.25) is 0 Å². The van der Waals surface area contributed by atoms with Crippen LogP contribution in [0.3, 0.4) is 0 Å². The summed E-state index contributed by atoms with van der Waals surface area (Å²) in [7, 11) is 0. The summed E-state index contributed by atoms with van der Waals surface area (Å²) < 4.78 is 0. The van der Waals surface area contributed by atoms with Crippen LogP contribution in [-0.2, 0) is 4.79 Å². The number of carbonyl (C=O) groups is 2. The van der Waals surface area contributed by atoms with E-state index in [1.54, 1.807) is 6.07 Å². The third kappa shape index (κ3) is 4.18. The average Bonchev–Trinajstić information content (AvgIpc) is 3.27. The number of amides is 1. The van der Waals surface area contributed by atoms with Crippen LogP contribution in [0.15, 0.2) is 24.3 Å². The number of rotatable bonds is 6. The molecule has 0 saturated heterocycles. The Morgan fingerprint density at radius 1 is 1.38 bits per heavy atom. The number of aliphatic carboxylic acids is 1. The molecule has 1 N–H and O–H groups in total. The van der Waals surface area contributed by atoms with Crippen molar-refractivity contribution in [2.24, 2.45) is 5.92 Å². The van der Waals surface area contributed by atoms with Gasteiger partial charge in [-0.3, -0.25) is 4.79 Å². The fourth-order valence-electron chi connectivity index (χ4n) is 2.26. The molecule has 0 unspecified atom stereocenters. The van der Waals surface area contributed by atoms with Crippen LogP contribution in [0, 0.1) is 12.8 Å². The molecule has 0 aliphatic heterocycles. The summed E-state index contributed by atoms with van der Waals surface area (Å²) in [6.07, 6.45) is 5.05. The highest BCUT2D eigenvalue weighted by Gasteiger charge is 2.26. The van der Waals surface area contributed by atoms with Crippen molar-refractivity contribution in [3.63, 3.8) is 0 Å². The zero-order valence-electron chi connectivity index (χ0n) is 12.5. The van der Waals surface area contributed by atoms with Crippen molar-refractivity contribution in [1.82, 2.24) is 4.90 Å². The van der Waals surface area contributed by atoms with E-state index >= 15 is 0 Å². The maximum absolute atomic E-state index is 12.5. The zero-order valence-corrected chi connectivity index (χ0v) is 12.5. The second-order valence-electron chi connectivity index (χ2n) is 5.53. The lowest BCUT2D eigenvalue weighted by Gasteiger charge is -2.21. The second kappa shape index (κ2) is 6.57. The predicted octanol–water partition coefficient (Wildman–Crippen LogP) is 2.96. The first-order valence-electron chi connectivity index (χ1n) is 7.32. The van der Waals surface area contributed by atoms with Gasteiger partial charge < -0.3 is 10.0 Å². The Kier molecular flexibility index (Phi) is 4.78. The molecule has 0 atom stereocenters. The Morgan fingerprint density at radius 3 is 2.67 bits per heavy atom. The number of carboxylic acid groups (broad SMARTS) is 1. The monoisotopic (exact) mass is 287 g/mol. The van der Waals surface area contributed by atoms with Crippen molar-refractivity contribution in [3.8, 4) is 0 Å². The Hall–Kier alpha value is -2.10. The molecule has 1 amide bonds. The molecule has 21 heavy (non-hydrogen) atoms. The first kappa shape index (κ1) is 15.3. The van der Waals surface area contributed by atoms with Gasteiger partial charge >= 0.3 is 5.97 Å². The topological polar surface area (TPSA) is 57.6 Å². The minimum absolute atomic E-state index is 0.0226. The SMILES string of the molecule is CCN(CC1CC1)C(=O)c1ccc(C)c(/C=C/C(=O)O)c1. The number of nitrogens with zero attached hydrogens (tertiary/aromatic N) is 1. The lowest BCUT2D eigenvalue weighted by Crippen LogP contribution is -2.32. The van der Waals surface area contributed by atoms with Crippen molar-refractivity contribution in [2.45, 2.75) is 26.7 Å². The van der Waals surface area contributed by atoms with E-state index in [0.717, 1.165) is 23.7 Å². The molecule has 0 heterocycles. The lowest BCUT2D eigenvalue weighted by atomic mass is 10.0. The summed E-state index contributed by atoms with van der Waals surface area (Å²) in [5.74, 6) is -0.310. The molecule has 2 rings (SSSR count). The van der Waals surface area contributed by atoms with Gasteiger partial charge in [-0.2, -0.15) is 0 Å². The average molecular weight is 287 g/mol. The van der Waals surface area contributed by atoms with Gasteiger partial charge in [0.15, 0.2) is 0 Å². The fraction of sp³-hybridized carbons (Fsp3) is 0.412. The highest BCUT2D eigenvalue weighted by Crippen LogP contribution is 2.30. The molecule has 0 bridgehead atoms. The zero-order chi connectivity index (χ0) is 15.4. The van der Waals surface area contributed by atoms with Gasteiger partial charge in [-0.1, -0.05) is 6.07 Å². The number of aryl methyl sites for hydroxylation is 1. The van der Waals surface area contributed by atoms with Gasteiger partial charge in [0, 0.05) is 24.7 Å². The van der Waals surface area contributed by atoms with E-state index in [9.17, 15) is 9.59 Å². The van der Waals surface area contributed by atoms with Gasteiger partial charge in [-0.05, 0) is 61.9 Å². The third-order valence-electron chi connectivity index (χ3n) is 3.78. The standard InChI is InChI=1S/C17H21NO3/c1-3-18(11-13-5-6-13)17(21)15-7-4-12(2)14(10-15)8-9-16(19)20/h4,7-10,13H,3,5-6,11H2,1-2H3,(H,19,20)/b9-8+. The van der Waals surface area contributed by atoms with E-state index in [4.69, 9.17) is 5.11 Å². The van der Waals surface area contributed by atoms with Crippen LogP contribution in [-0.4, -0.2) is 35.0 Å². The summed E-state index contributed by atoms with van der Waals surface area (Å²) in [4.78, 5) is 25.0. The molecule has 4 nitrogen and oxygen atoms in total. The summed E-state index contributed by atoms with van der Waals surface area (Å²) in [6.45, 7) is 5.41. The van der Waals surface area contributed by atoms with Crippen LogP contribution in [0.25, 0.3) is 6.08 Å². The first-order chi connectivity index (χ1) is 10.0. The molecular formula is C17H21NO3. The Bertz CT molecular complexity index is 573. The second-order valence-corrected chi connectivity index (χ2v) is 5.53.